The molecule has 1 aromatic heterocycles. The van der Waals surface area contributed by atoms with E-state index in [1.807, 2.05) is 13.8 Å². The van der Waals surface area contributed by atoms with Gasteiger partial charge in [-0.25, -0.2) is 4.79 Å². The van der Waals surface area contributed by atoms with Crippen LogP contribution >= 0.6 is 34.9 Å². The van der Waals surface area contributed by atoms with E-state index >= 15 is 0 Å². The van der Waals surface area contributed by atoms with Gasteiger partial charge in [0.2, 0.25) is 5.91 Å². The lowest BCUT2D eigenvalue weighted by atomic mass is 10.3. The Morgan fingerprint density at radius 1 is 1.20 bits per heavy atom. The van der Waals surface area contributed by atoms with Gasteiger partial charge in [0, 0.05) is 6.54 Å². The lowest BCUT2D eigenvalue weighted by molar-refractivity contribution is -0.117. The van der Waals surface area contributed by atoms with Crippen LogP contribution in [0, 0.1) is 0 Å². The SMILES string of the molecule is CCCCNC(=O)NC(=O)CSc1nnc(SCC)s1. The lowest BCUT2D eigenvalue weighted by Crippen LogP contribution is -2.40. The fraction of sp³-hybridized carbons (Fsp3) is 0.636. The summed E-state index contributed by atoms with van der Waals surface area (Å²) in [5, 5.41) is 12.9. The number of thioether (sulfide) groups is 2. The van der Waals surface area contributed by atoms with Crippen LogP contribution in [0.5, 0.6) is 0 Å². The zero-order valence-corrected chi connectivity index (χ0v) is 13.9. The van der Waals surface area contributed by atoms with Gasteiger partial charge >= 0.3 is 6.03 Å². The quantitative estimate of drug-likeness (QED) is 0.561. The number of rotatable bonds is 8. The zero-order chi connectivity index (χ0) is 14.8. The Morgan fingerprint density at radius 3 is 2.55 bits per heavy atom. The fourth-order valence-corrected chi connectivity index (χ4v) is 3.87. The summed E-state index contributed by atoms with van der Waals surface area (Å²) in [6.07, 6.45) is 1.90. The molecule has 1 heterocycles. The molecule has 0 aliphatic heterocycles. The van der Waals surface area contributed by atoms with Gasteiger partial charge in [-0.15, -0.1) is 10.2 Å². The summed E-state index contributed by atoms with van der Waals surface area (Å²) in [5.74, 6) is 0.772. The minimum atomic E-state index is -0.441. The number of nitrogens with zero attached hydrogens (tertiary/aromatic N) is 2. The van der Waals surface area contributed by atoms with Crippen molar-refractivity contribution in [3.05, 3.63) is 0 Å². The highest BCUT2D eigenvalue weighted by molar-refractivity contribution is 8.03. The third-order valence-corrected chi connectivity index (χ3v) is 5.12. The number of hydrogen-bond acceptors (Lipinski definition) is 7. The standard InChI is InChI=1S/C11H18N4O2S3/c1-3-5-6-12-9(17)13-8(16)7-19-11-15-14-10(20-11)18-4-2/h3-7H2,1-2H3,(H2,12,13,16,17). The normalized spacial score (nSPS) is 10.3. The molecule has 3 amide bonds. The number of carbonyl (C=O) groups is 2. The van der Waals surface area contributed by atoms with Crippen LogP contribution in [0.3, 0.4) is 0 Å². The van der Waals surface area contributed by atoms with Crippen molar-refractivity contribution in [2.24, 2.45) is 0 Å². The topological polar surface area (TPSA) is 84.0 Å². The van der Waals surface area contributed by atoms with Crippen LogP contribution in [0.25, 0.3) is 0 Å². The fourth-order valence-electron chi connectivity index (χ4n) is 1.15. The number of unbranched alkanes of at least 4 members (excludes halogenated alkanes) is 1. The molecule has 20 heavy (non-hydrogen) atoms. The monoisotopic (exact) mass is 334 g/mol. The van der Waals surface area contributed by atoms with E-state index in [0.717, 1.165) is 27.3 Å². The van der Waals surface area contributed by atoms with Crippen molar-refractivity contribution in [1.29, 1.82) is 0 Å². The Bertz CT molecular complexity index is 439. The third kappa shape index (κ3) is 7.11. The van der Waals surface area contributed by atoms with Gasteiger partial charge in [-0.2, -0.15) is 0 Å². The van der Waals surface area contributed by atoms with Gasteiger partial charge in [0.25, 0.3) is 0 Å². The van der Waals surface area contributed by atoms with Crippen LogP contribution in [0.4, 0.5) is 4.79 Å². The maximum Gasteiger partial charge on any atom is 0.321 e. The number of imide groups is 1. The summed E-state index contributed by atoms with van der Waals surface area (Å²) in [5.41, 5.74) is 0. The first-order valence-electron chi connectivity index (χ1n) is 6.32. The van der Waals surface area contributed by atoms with Crippen LogP contribution in [0.1, 0.15) is 26.7 Å². The number of nitrogens with one attached hydrogen (secondary N) is 2. The van der Waals surface area contributed by atoms with Gasteiger partial charge < -0.3 is 5.32 Å². The number of hydrogen-bond donors (Lipinski definition) is 2. The maximum absolute atomic E-state index is 11.6. The van der Waals surface area contributed by atoms with Gasteiger partial charge in [-0.3, -0.25) is 10.1 Å². The third-order valence-electron chi connectivity index (χ3n) is 2.05. The average Bonchev–Trinajstić information content (AvgIpc) is 2.85. The Morgan fingerprint density at radius 2 is 1.90 bits per heavy atom. The molecule has 0 saturated heterocycles. The molecule has 0 atom stereocenters. The van der Waals surface area contributed by atoms with Crippen LogP contribution in [0.2, 0.25) is 0 Å². The molecule has 1 aromatic rings. The Kier molecular flexibility index (Phi) is 8.63. The molecule has 1 rings (SSSR count). The predicted octanol–water partition coefficient (Wildman–Crippen LogP) is 2.37. The first-order chi connectivity index (χ1) is 9.65. The van der Waals surface area contributed by atoms with E-state index in [1.54, 1.807) is 11.8 Å². The summed E-state index contributed by atoms with van der Waals surface area (Å²) in [6, 6.07) is -0.441. The molecule has 0 unspecified atom stereocenters. The van der Waals surface area contributed by atoms with Crippen molar-refractivity contribution in [3.8, 4) is 0 Å². The van der Waals surface area contributed by atoms with Crippen molar-refractivity contribution < 1.29 is 9.59 Å². The second-order valence-electron chi connectivity index (χ2n) is 3.71. The molecule has 112 valence electrons. The van der Waals surface area contributed by atoms with E-state index < -0.39 is 6.03 Å². The van der Waals surface area contributed by atoms with E-state index in [9.17, 15) is 9.59 Å². The zero-order valence-electron chi connectivity index (χ0n) is 11.5. The molecule has 0 aliphatic carbocycles. The Labute approximate surface area is 130 Å². The van der Waals surface area contributed by atoms with Crippen molar-refractivity contribution in [2.75, 3.05) is 18.1 Å². The van der Waals surface area contributed by atoms with Gasteiger partial charge in [0.1, 0.15) is 0 Å². The number of urea groups is 1. The molecular weight excluding hydrogens is 316 g/mol. The summed E-state index contributed by atoms with van der Waals surface area (Å²) in [7, 11) is 0. The smallest absolute Gasteiger partial charge is 0.321 e. The first-order valence-corrected chi connectivity index (χ1v) is 9.11. The summed E-state index contributed by atoms with van der Waals surface area (Å²) < 4.78 is 1.63. The highest BCUT2D eigenvalue weighted by Crippen LogP contribution is 2.28. The van der Waals surface area contributed by atoms with Crippen molar-refractivity contribution in [1.82, 2.24) is 20.8 Å². The van der Waals surface area contributed by atoms with Crippen LogP contribution in [-0.2, 0) is 4.79 Å². The lowest BCUT2D eigenvalue weighted by Gasteiger charge is -2.04. The molecule has 0 saturated carbocycles. The number of carbonyl (C=O) groups excluding carboxylic acids is 2. The molecule has 0 radical (unpaired) electrons. The van der Waals surface area contributed by atoms with Crippen molar-refractivity contribution >= 4 is 46.8 Å². The average molecular weight is 334 g/mol. The first kappa shape index (κ1) is 17.3. The van der Waals surface area contributed by atoms with E-state index in [2.05, 4.69) is 20.8 Å². The number of amides is 3. The van der Waals surface area contributed by atoms with E-state index in [1.165, 1.54) is 23.1 Å². The van der Waals surface area contributed by atoms with Gasteiger partial charge in [-0.05, 0) is 12.2 Å². The largest absolute Gasteiger partial charge is 0.338 e. The van der Waals surface area contributed by atoms with E-state index in [-0.39, 0.29) is 11.7 Å². The van der Waals surface area contributed by atoms with Crippen LogP contribution in [-0.4, -0.2) is 40.2 Å². The van der Waals surface area contributed by atoms with Crippen LogP contribution < -0.4 is 10.6 Å². The molecule has 0 bridgehead atoms. The summed E-state index contributed by atoms with van der Waals surface area (Å²) >= 11 is 4.36. The van der Waals surface area contributed by atoms with Gasteiger partial charge in [0.15, 0.2) is 8.68 Å². The van der Waals surface area contributed by atoms with Crippen molar-refractivity contribution in [3.63, 3.8) is 0 Å². The molecule has 0 aliphatic rings. The molecule has 2 N–H and O–H groups in total. The molecule has 0 aromatic carbocycles. The minimum Gasteiger partial charge on any atom is -0.338 e. The van der Waals surface area contributed by atoms with Gasteiger partial charge in [-0.1, -0.05) is 55.1 Å². The van der Waals surface area contributed by atoms with Crippen molar-refractivity contribution in [2.45, 2.75) is 35.4 Å². The highest BCUT2D eigenvalue weighted by atomic mass is 32.2. The summed E-state index contributed by atoms with van der Waals surface area (Å²) in [4.78, 5) is 22.9. The summed E-state index contributed by atoms with van der Waals surface area (Å²) in [6.45, 7) is 4.66. The molecular formula is C11H18N4O2S3. The Balaban J connectivity index is 2.23. The molecule has 0 fully saturated rings. The minimum absolute atomic E-state index is 0.159. The Hall–Kier alpha value is -0.800. The molecule has 9 heteroatoms. The van der Waals surface area contributed by atoms with E-state index in [4.69, 9.17) is 0 Å². The predicted molar refractivity (Wildman–Crippen MR) is 83.5 cm³/mol. The number of aromatic nitrogens is 2. The molecule has 6 nitrogen and oxygen atoms in total. The van der Waals surface area contributed by atoms with Gasteiger partial charge in [0.05, 0.1) is 5.75 Å². The second-order valence-corrected chi connectivity index (χ2v) is 7.42. The highest BCUT2D eigenvalue weighted by Gasteiger charge is 2.10. The van der Waals surface area contributed by atoms with Crippen LogP contribution in [0.15, 0.2) is 8.68 Å². The molecule has 0 spiro atoms. The maximum atomic E-state index is 11.6. The van der Waals surface area contributed by atoms with E-state index in [0.29, 0.717) is 6.54 Å². The second kappa shape index (κ2) is 10.0.